The summed E-state index contributed by atoms with van der Waals surface area (Å²) in [7, 11) is 0. The summed E-state index contributed by atoms with van der Waals surface area (Å²) in [6.45, 7) is 0.623. The second kappa shape index (κ2) is 5.14. The summed E-state index contributed by atoms with van der Waals surface area (Å²) in [4.78, 5) is 0. The van der Waals surface area contributed by atoms with Gasteiger partial charge in [-0.1, -0.05) is 18.2 Å². The SMILES string of the molecule is FC(F)(F)c1cccc(CCC2CNC(=S)O2)c1. The molecule has 1 unspecified atom stereocenters. The molecule has 18 heavy (non-hydrogen) atoms. The number of hydrogen-bond acceptors (Lipinski definition) is 2. The number of aryl methyl sites for hydroxylation is 1. The number of alkyl halides is 3. The van der Waals surface area contributed by atoms with Crippen LogP contribution in [-0.2, 0) is 17.3 Å². The van der Waals surface area contributed by atoms with Crippen molar-refractivity contribution in [1.82, 2.24) is 5.32 Å². The average molecular weight is 275 g/mol. The second-order valence-corrected chi connectivity index (χ2v) is 4.52. The van der Waals surface area contributed by atoms with E-state index in [1.807, 2.05) is 0 Å². The van der Waals surface area contributed by atoms with Crippen molar-refractivity contribution in [2.75, 3.05) is 6.54 Å². The van der Waals surface area contributed by atoms with Gasteiger partial charge >= 0.3 is 6.18 Å². The predicted octanol–water partition coefficient (Wildman–Crippen LogP) is 2.91. The maximum atomic E-state index is 12.5. The molecular formula is C12H12F3NOS. The summed E-state index contributed by atoms with van der Waals surface area (Å²) >= 11 is 4.81. The minimum atomic E-state index is -4.29. The van der Waals surface area contributed by atoms with E-state index in [-0.39, 0.29) is 6.10 Å². The van der Waals surface area contributed by atoms with E-state index in [2.05, 4.69) is 5.32 Å². The third kappa shape index (κ3) is 3.35. The summed E-state index contributed by atoms with van der Waals surface area (Å²) in [5.41, 5.74) is 0.0484. The van der Waals surface area contributed by atoms with Crippen LogP contribution in [0.4, 0.5) is 13.2 Å². The zero-order chi connectivity index (χ0) is 13.2. The lowest BCUT2D eigenvalue weighted by Gasteiger charge is -2.10. The first-order chi connectivity index (χ1) is 8.45. The summed E-state index contributed by atoms with van der Waals surface area (Å²) < 4.78 is 42.8. The Bertz CT molecular complexity index is 447. The van der Waals surface area contributed by atoms with Crippen LogP contribution in [0.25, 0.3) is 0 Å². The fourth-order valence-electron chi connectivity index (χ4n) is 1.82. The first kappa shape index (κ1) is 13.1. The molecule has 2 rings (SSSR count). The van der Waals surface area contributed by atoms with Gasteiger partial charge in [-0.3, -0.25) is 0 Å². The molecule has 1 aromatic rings. The molecule has 1 aliphatic rings. The van der Waals surface area contributed by atoms with Crippen molar-refractivity contribution in [2.24, 2.45) is 0 Å². The molecule has 1 fully saturated rings. The lowest BCUT2D eigenvalue weighted by Crippen LogP contribution is -2.15. The van der Waals surface area contributed by atoms with Gasteiger partial charge in [0.15, 0.2) is 0 Å². The Balaban J connectivity index is 1.95. The molecule has 1 aromatic carbocycles. The van der Waals surface area contributed by atoms with Gasteiger partial charge in [0.25, 0.3) is 5.17 Å². The Kier molecular flexibility index (Phi) is 3.75. The van der Waals surface area contributed by atoms with Gasteiger partial charge < -0.3 is 10.1 Å². The number of halogens is 3. The summed E-state index contributed by atoms with van der Waals surface area (Å²) in [6, 6.07) is 5.37. The quantitative estimate of drug-likeness (QED) is 0.857. The topological polar surface area (TPSA) is 21.3 Å². The van der Waals surface area contributed by atoms with E-state index >= 15 is 0 Å². The van der Waals surface area contributed by atoms with E-state index in [4.69, 9.17) is 17.0 Å². The Morgan fingerprint density at radius 1 is 1.39 bits per heavy atom. The zero-order valence-corrected chi connectivity index (χ0v) is 10.3. The number of nitrogens with one attached hydrogen (secondary N) is 1. The smallest absolute Gasteiger partial charge is 0.416 e. The summed E-state index contributed by atoms with van der Waals surface area (Å²) in [5, 5.41) is 3.24. The van der Waals surface area contributed by atoms with Crippen molar-refractivity contribution in [1.29, 1.82) is 0 Å². The van der Waals surface area contributed by atoms with Crippen LogP contribution in [0.3, 0.4) is 0 Å². The predicted molar refractivity (Wildman–Crippen MR) is 65.2 cm³/mol. The summed E-state index contributed by atoms with van der Waals surface area (Å²) in [6.07, 6.45) is -3.15. The van der Waals surface area contributed by atoms with Crippen molar-refractivity contribution < 1.29 is 17.9 Å². The number of thiocarbonyl (C=S) groups is 1. The number of benzene rings is 1. The van der Waals surface area contributed by atoms with Gasteiger partial charge in [0.05, 0.1) is 12.1 Å². The lowest BCUT2D eigenvalue weighted by atomic mass is 10.0. The van der Waals surface area contributed by atoms with Crippen LogP contribution < -0.4 is 5.32 Å². The Labute approximate surface area is 108 Å². The van der Waals surface area contributed by atoms with Crippen LogP contribution >= 0.6 is 12.2 Å². The molecule has 1 saturated heterocycles. The first-order valence-corrected chi connectivity index (χ1v) is 5.96. The minimum Gasteiger partial charge on any atom is -0.466 e. The van der Waals surface area contributed by atoms with Crippen molar-refractivity contribution in [3.8, 4) is 0 Å². The molecule has 0 amide bonds. The van der Waals surface area contributed by atoms with Gasteiger partial charge in [-0.2, -0.15) is 13.2 Å². The van der Waals surface area contributed by atoms with E-state index in [0.717, 1.165) is 6.07 Å². The van der Waals surface area contributed by atoms with Gasteiger partial charge in [-0.15, -0.1) is 0 Å². The van der Waals surface area contributed by atoms with Gasteiger partial charge in [-0.05, 0) is 36.7 Å². The number of hydrogen-bond donors (Lipinski definition) is 1. The third-order valence-corrected chi connectivity index (χ3v) is 3.00. The molecule has 1 N–H and O–H groups in total. The number of rotatable bonds is 3. The van der Waals surface area contributed by atoms with E-state index in [0.29, 0.717) is 30.1 Å². The molecule has 0 aromatic heterocycles. The molecule has 0 bridgehead atoms. The highest BCUT2D eigenvalue weighted by Gasteiger charge is 2.30. The van der Waals surface area contributed by atoms with Crippen LogP contribution in [0.1, 0.15) is 17.5 Å². The molecular weight excluding hydrogens is 263 g/mol. The Morgan fingerprint density at radius 3 is 2.78 bits per heavy atom. The maximum Gasteiger partial charge on any atom is 0.416 e. The molecule has 1 aliphatic heterocycles. The normalized spacial score (nSPS) is 19.5. The van der Waals surface area contributed by atoms with Gasteiger partial charge in [-0.25, -0.2) is 0 Å². The van der Waals surface area contributed by atoms with E-state index < -0.39 is 11.7 Å². The second-order valence-electron chi connectivity index (χ2n) is 4.15. The summed E-state index contributed by atoms with van der Waals surface area (Å²) in [5.74, 6) is 0. The first-order valence-electron chi connectivity index (χ1n) is 5.56. The fraction of sp³-hybridized carbons (Fsp3) is 0.417. The Hall–Kier alpha value is -1.30. The van der Waals surface area contributed by atoms with Crippen molar-refractivity contribution >= 4 is 17.4 Å². The highest BCUT2D eigenvalue weighted by molar-refractivity contribution is 7.80. The Morgan fingerprint density at radius 2 is 2.17 bits per heavy atom. The molecule has 0 aliphatic carbocycles. The van der Waals surface area contributed by atoms with Gasteiger partial charge in [0.2, 0.25) is 0 Å². The molecule has 2 nitrogen and oxygen atoms in total. The van der Waals surface area contributed by atoms with E-state index in [1.165, 1.54) is 12.1 Å². The lowest BCUT2D eigenvalue weighted by molar-refractivity contribution is -0.137. The average Bonchev–Trinajstić information content (AvgIpc) is 2.72. The monoisotopic (exact) mass is 275 g/mol. The van der Waals surface area contributed by atoms with Gasteiger partial charge in [0.1, 0.15) is 6.10 Å². The van der Waals surface area contributed by atoms with Crippen molar-refractivity contribution in [3.05, 3.63) is 35.4 Å². The minimum absolute atomic E-state index is 0.0490. The molecule has 0 radical (unpaired) electrons. The standard InChI is InChI=1S/C12H12F3NOS/c13-12(14,15)9-3-1-2-8(6-9)4-5-10-7-16-11(18)17-10/h1-3,6,10H,4-5,7H2,(H,16,18). The molecule has 6 heteroatoms. The van der Waals surface area contributed by atoms with E-state index in [9.17, 15) is 13.2 Å². The van der Waals surface area contributed by atoms with Crippen LogP contribution in [-0.4, -0.2) is 17.8 Å². The largest absolute Gasteiger partial charge is 0.466 e. The fourth-order valence-corrected chi connectivity index (χ4v) is 2.04. The van der Waals surface area contributed by atoms with Crippen LogP contribution in [0, 0.1) is 0 Å². The van der Waals surface area contributed by atoms with Crippen LogP contribution in [0.5, 0.6) is 0 Å². The molecule has 98 valence electrons. The van der Waals surface area contributed by atoms with E-state index in [1.54, 1.807) is 6.07 Å². The highest BCUT2D eigenvalue weighted by Crippen LogP contribution is 2.29. The molecule has 0 spiro atoms. The van der Waals surface area contributed by atoms with Crippen molar-refractivity contribution in [2.45, 2.75) is 25.1 Å². The number of ether oxygens (including phenoxy) is 1. The van der Waals surface area contributed by atoms with Crippen molar-refractivity contribution in [3.63, 3.8) is 0 Å². The third-order valence-electron chi connectivity index (χ3n) is 2.76. The zero-order valence-electron chi connectivity index (χ0n) is 9.46. The van der Waals surface area contributed by atoms with Crippen LogP contribution in [0.2, 0.25) is 0 Å². The molecule has 1 heterocycles. The maximum absolute atomic E-state index is 12.5. The highest BCUT2D eigenvalue weighted by atomic mass is 32.1. The molecule has 0 saturated carbocycles. The van der Waals surface area contributed by atoms with Gasteiger partial charge in [0, 0.05) is 0 Å². The van der Waals surface area contributed by atoms with Crippen LogP contribution in [0.15, 0.2) is 24.3 Å². The molecule has 1 atom stereocenters.